The zero-order valence-corrected chi connectivity index (χ0v) is 11.1. The Morgan fingerprint density at radius 1 is 1.56 bits per heavy atom. The van der Waals surface area contributed by atoms with Gasteiger partial charge in [-0.3, -0.25) is 9.58 Å². The van der Waals surface area contributed by atoms with Crippen molar-refractivity contribution in [2.24, 2.45) is 7.05 Å². The molecule has 1 N–H and O–H groups in total. The minimum atomic E-state index is -0.886. The number of nitrogens with zero attached hydrogens (tertiary/aromatic N) is 3. The van der Waals surface area contributed by atoms with Gasteiger partial charge in [-0.25, -0.2) is 4.79 Å². The molecule has 0 spiro atoms. The number of rotatable bonds is 4. The van der Waals surface area contributed by atoms with E-state index in [1.165, 1.54) is 25.5 Å². The van der Waals surface area contributed by atoms with Crippen LogP contribution in [0.1, 0.15) is 48.7 Å². The topological polar surface area (TPSA) is 58.4 Å². The molecule has 1 saturated heterocycles. The predicted octanol–water partition coefficient (Wildman–Crippen LogP) is 1.88. The van der Waals surface area contributed by atoms with Crippen molar-refractivity contribution in [3.63, 3.8) is 0 Å². The molecule has 1 aromatic rings. The van der Waals surface area contributed by atoms with Crippen molar-refractivity contribution in [1.29, 1.82) is 0 Å². The summed E-state index contributed by atoms with van der Waals surface area (Å²) in [6.45, 7) is 3.95. The normalized spacial score (nSPS) is 21.1. The quantitative estimate of drug-likeness (QED) is 0.887. The van der Waals surface area contributed by atoms with Crippen molar-refractivity contribution in [1.82, 2.24) is 14.7 Å². The number of piperidine rings is 1. The van der Waals surface area contributed by atoms with E-state index in [0.29, 0.717) is 18.2 Å². The minimum Gasteiger partial charge on any atom is -0.478 e. The molecule has 0 unspecified atom stereocenters. The lowest BCUT2D eigenvalue weighted by atomic mass is 9.99. The molecule has 100 valence electrons. The lowest BCUT2D eigenvalue weighted by Crippen LogP contribution is -2.39. The maximum atomic E-state index is 11.2. The van der Waals surface area contributed by atoms with Crippen LogP contribution in [0.5, 0.6) is 0 Å². The van der Waals surface area contributed by atoms with E-state index < -0.39 is 5.97 Å². The third kappa shape index (κ3) is 2.56. The lowest BCUT2D eigenvalue weighted by molar-refractivity contribution is 0.0691. The van der Waals surface area contributed by atoms with E-state index in [2.05, 4.69) is 16.9 Å². The Kier molecular flexibility index (Phi) is 4.01. The highest BCUT2D eigenvalue weighted by Gasteiger charge is 2.24. The molecule has 18 heavy (non-hydrogen) atoms. The van der Waals surface area contributed by atoms with Crippen molar-refractivity contribution in [3.05, 3.63) is 17.5 Å². The van der Waals surface area contributed by atoms with Gasteiger partial charge < -0.3 is 5.11 Å². The van der Waals surface area contributed by atoms with Crippen molar-refractivity contribution in [3.8, 4) is 0 Å². The van der Waals surface area contributed by atoms with Gasteiger partial charge in [0.25, 0.3) is 0 Å². The molecule has 0 amide bonds. The summed E-state index contributed by atoms with van der Waals surface area (Å²) < 4.78 is 1.69. The number of carboxylic acid groups (broad SMARTS) is 1. The number of hydrogen-bond donors (Lipinski definition) is 1. The molecular formula is C13H21N3O2. The Morgan fingerprint density at radius 2 is 2.33 bits per heavy atom. The monoisotopic (exact) mass is 251 g/mol. The van der Waals surface area contributed by atoms with Crippen LogP contribution in [0.3, 0.4) is 0 Å². The van der Waals surface area contributed by atoms with Gasteiger partial charge in [-0.15, -0.1) is 0 Å². The zero-order chi connectivity index (χ0) is 13.1. The van der Waals surface area contributed by atoms with Crippen LogP contribution in [0.15, 0.2) is 6.20 Å². The number of carboxylic acids is 1. The summed E-state index contributed by atoms with van der Waals surface area (Å²) in [6.07, 6.45) is 6.28. The number of aromatic nitrogens is 2. The summed E-state index contributed by atoms with van der Waals surface area (Å²) in [5.74, 6) is -0.886. The Hall–Kier alpha value is -1.36. The van der Waals surface area contributed by atoms with Crippen LogP contribution >= 0.6 is 0 Å². The molecule has 5 heteroatoms. The molecule has 2 rings (SSSR count). The van der Waals surface area contributed by atoms with E-state index in [-0.39, 0.29) is 0 Å². The number of aromatic carboxylic acids is 1. The molecule has 0 bridgehead atoms. The van der Waals surface area contributed by atoms with Crippen molar-refractivity contribution in [2.45, 2.75) is 45.2 Å². The van der Waals surface area contributed by atoms with Gasteiger partial charge in [0.2, 0.25) is 0 Å². The van der Waals surface area contributed by atoms with E-state index >= 15 is 0 Å². The average molecular weight is 251 g/mol. The molecule has 0 radical (unpaired) electrons. The largest absolute Gasteiger partial charge is 0.478 e. The van der Waals surface area contributed by atoms with Crippen LogP contribution in [-0.2, 0) is 13.6 Å². The summed E-state index contributed by atoms with van der Waals surface area (Å²) in [5, 5.41) is 13.2. The van der Waals surface area contributed by atoms with Crippen LogP contribution in [0.25, 0.3) is 0 Å². The van der Waals surface area contributed by atoms with Crippen LogP contribution in [0.2, 0.25) is 0 Å². The SMILES string of the molecule is CC[C@@H]1CCCCN1Cc1c(C(=O)O)cnn1C. The Balaban J connectivity index is 2.17. The molecule has 1 aliphatic heterocycles. The maximum absolute atomic E-state index is 11.2. The standard InChI is InChI=1S/C13H21N3O2/c1-3-10-6-4-5-7-16(10)9-12-11(13(17)18)8-14-15(12)2/h8,10H,3-7,9H2,1-2H3,(H,17,18)/t10-/m1/s1. The van der Waals surface area contributed by atoms with Gasteiger partial charge in [0.05, 0.1) is 11.9 Å². The molecule has 0 aliphatic carbocycles. The third-order valence-corrected chi connectivity index (χ3v) is 3.87. The minimum absolute atomic E-state index is 0.331. The molecule has 0 saturated carbocycles. The Morgan fingerprint density at radius 3 is 3.00 bits per heavy atom. The first-order valence-corrected chi connectivity index (χ1v) is 6.61. The highest BCUT2D eigenvalue weighted by atomic mass is 16.4. The van der Waals surface area contributed by atoms with E-state index in [1.54, 1.807) is 4.68 Å². The highest BCUT2D eigenvalue weighted by Crippen LogP contribution is 2.22. The first-order chi connectivity index (χ1) is 8.63. The van der Waals surface area contributed by atoms with Gasteiger partial charge in [0.15, 0.2) is 0 Å². The Labute approximate surface area is 107 Å². The first-order valence-electron chi connectivity index (χ1n) is 6.61. The summed E-state index contributed by atoms with van der Waals surface area (Å²) >= 11 is 0. The van der Waals surface area contributed by atoms with E-state index in [9.17, 15) is 4.79 Å². The second-order valence-corrected chi connectivity index (χ2v) is 4.96. The van der Waals surface area contributed by atoms with Crippen molar-refractivity contribution in [2.75, 3.05) is 6.54 Å². The second kappa shape index (κ2) is 5.52. The molecule has 2 heterocycles. The molecule has 5 nitrogen and oxygen atoms in total. The van der Waals surface area contributed by atoms with Crippen molar-refractivity contribution < 1.29 is 9.90 Å². The fourth-order valence-corrected chi connectivity index (χ4v) is 2.75. The second-order valence-electron chi connectivity index (χ2n) is 4.96. The molecule has 1 aromatic heterocycles. The van der Waals surface area contributed by atoms with Crippen LogP contribution in [0.4, 0.5) is 0 Å². The van der Waals surface area contributed by atoms with E-state index in [4.69, 9.17) is 5.11 Å². The average Bonchev–Trinajstić information content (AvgIpc) is 2.72. The van der Waals surface area contributed by atoms with E-state index in [0.717, 1.165) is 18.7 Å². The molecule has 1 aliphatic rings. The Bertz CT molecular complexity index is 428. The van der Waals surface area contributed by atoms with Crippen LogP contribution < -0.4 is 0 Å². The number of hydrogen-bond acceptors (Lipinski definition) is 3. The van der Waals surface area contributed by atoms with Gasteiger partial charge >= 0.3 is 5.97 Å². The van der Waals surface area contributed by atoms with Gasteiger partial charge in [0.1, 0.15) is 5.56 Å². The molecule has 0 aromatic carbocycles. The predicted molar refractivity (Wildman–Crippen MR) is 68.5 cm³/mol. The third-order valence-electron chi connectivity index (χ3n) is 3.87. The van der Waals surface area contributed by atoms with Crippen molar-refractivity contribution >= 4 is 5.97 Å². The summed E-state index contributed by atoms with van der Waals surface area (Å²) in [4.78, 5) is 13.6. The number of likely N-dealkylation sites (tertiary alicyclic amines) is 1. The number of aryl methyl sites for hydroxylation is 1. The smallest absolute Gasteiger partial charge is 0.339 e. The molecular weight excluding hydrogens is 230 g/mol. The van der Waals surface area contributed by atoms with Crippen LogP contribution in [-0.4, -0.2) is 38.3 Å². The fourth-order valence-electron chi connectivity index (χ4n) is 2.75. The van der Waals surface area contributed by atoms with Gasteiger partial charge in [-0.1, -0.05) is 13.3 Å². The lowest BCUT2D eigenvalue weighted by Gasteiger charge is -2.35. The van der Waals surface area contributed by atoms with Crippen LogP contribution in [0, 0.1) is 0 Å². The first kappa shape index (κ1) is 13.1. The van der Waals surface area contributed by atoms with Gasteiger partial charge in [-0.05, 0) is 25.8 Å². The maximum Gasteiger partial charge on any atom is 0.339 e. The van der Waals surface area contributed by atoms with Gasteiger partial charge in [0, 0.05) is 19.6 Å². The zero-order valence-electron chi connectivity index (χ0n) is 11.1. The molecule has 1 atom stereocenters. The molecule has 1 fully saturated rings. The van der Waals surface area contributed by atoms with E-state index in [1.807, 2.05) is 7.05 Å². The summed E-state index contributed by atoms with van der Waals surface area (Å²) in [6, 6.07) is 0.579. The summed E-state index contributed by atoms with van der Waals surface area (Å²) in [7, 11) is 1.81. The highest BCUT2D eigenvalue weighted by molar-refractivity contribution is 5.88. The number of carbonyl (C=O) groups is 1. The fraction of sp³-hybridized carbons (Fsp3) is 0.692. The van der Waals surface area contributed by atoms with Gasteiger partial charge in [-0.2, -0.15) is 5.10 Å². The summed E-state index contributed by atoms with van der Waals surface area (Å²) in [5.41, 5.74) is 1.14.